The first-order valence-electron chi connectivity index (χ1n) is 6.00. The van der Waals surface area contributed by atoms with Crippen molar-refractivity contribution >= 4 is 15.9 Å². The van der Waals surface area contributed by atoms with Gasteiger partial charge in [0, 0.05) is 29.0 Å². The SMILES string of the molecule is CCc1ccc(CC(N)c2ccc(Br)cn2)nc1. The molecule has 0 aliphatic heterocycles. The number of nitrogens with zero attached hydrogens (tertiary/aromatic N) is 2. The topological polar surface area (TPSA) is 51.8 Å². The molecule has 0 spiro atoms. The molecule has 0 bridgehead atoms. The van der Waals surface area contributed by atoms with E-state index in [1.54, 1.807) is 6.20 Å². The summed E-state index contributed by atoms with van der Waals surface area (Å²) >= 11 is 3.36. The Morgan fingerprint density at radius 2 is 2.00 bits per heavy atom. The zero-order chi connectivity index (χ0) is 13.0. The van der Waals surface area contributed by atoms with Crippen LogP contribution in [0.5, 0.6) is 0 Å². The molecule has 0 aromatic carbocycles. The van der Waals surface area contributed by atoms with Gasteiger partial charge in [-0.15, -0.1) is 0 Å². The highest BCUT2D eigenvalue weighted by atomic mass is 79.9. The lowest BCUT2D eigenvalue weighted by atomic mass is 10.1. The van der Waals surface area contributed by atoms with Crippen molar-refractivity contribution in [1.29, 1.82) is 0 Å². The fourth-order valence-electron chi connectivity index (χ4n) is 1.72. The van der Waals surface area contributed by atoms with Gasteiger partial charge in [-0.2, -0.15) is 0 Å². The van der Waals surface area contributed by atoms with E-state index in [4.69, 9.17) is 5.73 Å². The van der Waals surface area contributed by atoms with Crippen molar-refractivity contribution in [1.82, 2.24) is 9.97 Å². The van der Waals surface area contributed by atoms with E-state index in [2.05, 4.69) is 38.9 Å². The summed E-state index contributed by atoms with van der Waals surface area (Å²) < 4.78 is 0.962. The maximum Gasteiger partial charge on any atom is 0.0575 e. The van der Waals surface area contributed by atoms with Gasteiger partial charge in [0.15, 0.2) is 0 Å². The van der Waals surface area contributed by atoms with Crippen LogP contribution in [0.4, 0.5) is 0 Å². The molecule has 0 aliphatic carbocycles. The van der Waals surface area contributed by atoms with Gasteiger partial charge >= 0.3 is 0 Å². The van der Waals surface area contributed by atoms with Gasteiger partial charge in [-0.1, -0.05) is 13.0 Å². The monoisotopic (exact) mass is 305 g/mol. The Balaban J connectivity index is 2.05. The lowest BCUT2D eigenvalue weighted by Crippen LogP contribution is -2.15. The van der Waals surface area contributed by atoms with Crippen LogP contribution in [-0.2, 0) is 12.8 Å². The molecule has 1 unspecified atom stereocenters. The Hall–Kier alpha value is -1.26. The van der Waals surface area contributed by atoms with Gasteiger partial charge in [0.25, 0.3) is 0 Å². The summed E-state index contributed by atoms with van der Waals surface area (Å²) in [5.41, 5.74) is 9.27. The van der Waals surface area contributed by atoms with Crippen LogP contribution in [0, 0.1) is 0 Å². The zero-order valence-corrected chi connectivity index (χ0v) is 11.9. The van der Waals surface area contributed by atoms with Crippen molar-refractivity contribution in [3.05, 3.63) is 58.1 Å². The predicted octanol–water partition coefficient (Wildman–Crippen LogP) is 3.04. The van der Waals surface area contributed by atoms with Crippen molar-refractivity contribution < 1.29 is 0 Å². The molecule has 18 heavy (non-hydrogen) atoms. The minimum atomic E-state index is -0.113. The largest absolute Gasteiger partial charge is 0.322 e. The highest BCUT2D eigenvalue weighted by Crippen LogP contribution is 2.15. The first kappa shape index (κ1) is 13.2. The molecule has 2 aromatic rings. The second-order valence-corrected chi connectivity index (χ2v) is 5.14. The molecular weight excluding hydrogens is 290 g/mol. The number of aromatic nitrogens is 2. The first-order chi connectivity index (χ1) is 8.69. The van der Waals surface area contributed by atoms with Crippen LogP contribution in [0.2, 0.25) is 0 Å². The van der Waals surface area contributed by atoms with Crippen LogP contribution in [0.25, 0.3) is 0 Å². The van der Waals surface area contributed by atoms with Gasteiger partial charge in [0.2, 0.25) is 0 Å². The summed E-state index contributed by atoms with van der Waals surface area (Å²) in [5, 5.41) is 0. The van der Waals surface area contributed by atoms with Gasteiger partial charge < -0.3 is 5.73 Å². The van der Waals surface area contributed by atoms with Gasteiger partial charge in [0.05, 0.1) is 11.7 Å². The normalized spacial score (nSPS) is 12.4. The highest BCUT2D eigenvalue weighted by Gasteiger charge is 2.09. The van der Waals surface area contributed by atoms with E-state index in [1.165, 1.54) is 5.56 Å². The molecule has 3 nitrogen and oxygen atoms in total. The molecule has 2 heterocycles. The minimum absolute atomic E-state index is 0.113. The fraction of sp³-hybridized carbons (Fsp3) is 0.286. The van der Waals surface area contributed by atoms with Crippen LogP contribution in [0.3, 0.4) is 0 Å². The number of hydrogen-bond donors (Lipinski definition) is 1. The summed E-state index contributed by atoms with van der Waals surface area (Å²) in [5.74, 6) is 0. The Labute approximate surface area is 116 Å². The van der Waals surface area contributed by atoms with Crippen LogP contribution in [0.15, 0.2) is 41.1 Å². The number of nitrogens with two attached hydrogens (primary N) is 1. The Bertz CT molecular complexity index is 493. The lowest BCUT2D eigenvalue weighted by Gasteiger charge is -2.10. The number of hydrogen-bond acceptors (Lipinski definition) is 3. The van der Waals surface area contributed by atoms with Gasteiger partial charge in [-0.25, -0.2) is 0 Å². The Morgan fingerprint density at radius 3 is 2.56 bits per heavy atom. The first-order valence-corrected chi connectivity index (χ1v) is 6.79. The maximum absolute atomic E-state index is 6.13. The molecule has 1 atom stereocenters. The summed E-state index contributed by atoms with van der Waals surface area (Å²) in [6.45, 7) is 2.12. The molecule has 2 rings (SSSR count). The molecule has 2 N–H and O–H groups in total. The number of halogens is 1. The Morgan fingerprint density at radius 1 is 1.17 bits per heavy atom. The fourth-order valence-corrected chi connectivity index (χ4v) is 1.96. The molecule has 0 saturated carbocycles. The second-order valence-electron chi connectivity index (χ2n) is 4.22. The van der Waals surface area contributed by atoms with E-state index in [0.717, 1.165) is 22.3 Å². The third-order valence-corrected chi connectivity index (χ3v) is 3.32. The molecule has 0 aliphatic rings. The van der Waals surface area contributed by atoms with Crippen molar-refractivity contribution in [2.45, 2.75) is 25.8 Å². The number of pyridine rings is 2. The van der Waals surface area contributed by atoms with E-state index in [0.29, 0.717) is 6.42 Å². The standard InChI is InChI=1S/C14H16BrN3/c1-2-10-3-5-12(17-8-10)7-13(16)14-6-4-11(15)9-18-14/h3-6,8-9,13H,2,7,16H2,1H3. The smallest absolute Gasteiger partial charge is 0.0575 e. The van der Waals surface area contributed by atoms with Crippen LogP contribution >= 0.6 is 15.9 Å². The summed E-state index contributed by atoms with van der Waals surface area (Å²) in [6, 6.07) is 7.92. The molecule has 0 saturated heterocycles. The summed E-state index contributed by atoms with van der Waals surface area (Å²) in [7, 11) is 0. The third-order valence-electron chi connectivity index (χ3n) is 2.85. The molecule has 2 aromatic heterocycles. The molecule has 0 fully saturated rings. The van der Waals surface area contributed by atoms with Gasteiger partial charge in [-0.05, 0) is 46.1 Å². The van der Waals surface area contributed by atoms with E-state index in [-0.39, 0.29) is 6.04 Å². The highest BCUT2D eigenvalue weighted by molar-refractivity contribution is 9.10. The molecule has 94 valence electrons. The van der Waals surface area contributed by atoms with Gasteiger partial charge in [-0.3, -0.25) is 9.97 Å². The third kappa shape index (κ3) is 3.37. The summed E-state index contributed by atoms with van der Waals surface area (Å²) in [4.78, 5) is 8.72. The quantitative estimate of drug-likeness (QED) is 0.944. The van der Waals surface area contributed by atoms with Crippen LogP contribution in [-0.4, -0.2) is 9.97 Å². The molecule has 0 amide bonds. The van der Waals surface area contributed by atoms with Crippen molar-refractivity contribution in [2.24, 2.45) is 5.73 Å². The summed E-state index contributed by atoms with van der Waals surface area (Å²) in [6.07, 6.45) is 5.39. The van der Waals surface area contributed by atoms with E-state index in [9.17, 15) is 0 Å². The second kappa shape index (κ2) is 6.07. The Kier molecular flexibility index (Phi) is 4.44. The van der Waals surface area contributed by atoms with Crippen molar-refractivity contribution in [3.63, 3.8) is 0 Å². The van der Waals surface area contributed by atoms with Crippen LogP contribution < -0.4 is 5.73 Å². The molecule has 4 heteroatoms. The predicted molar refractivity (Wildman–Crippen MR) is 76.2 cm³/mol. The van der Waals surface area contributed by atoms with E-state index in [1.807, 2.05) is 24.4 Å². The van der Waals surface area contributed by atoms with Crippen molar-refractivity contribution in [2.75, 3.05) is 0 Å². The van der Waals surface area contributed by atoms with Crippen LogP contribution in [0.1, 0.15) is 29.9 Å². The average molecular weight is 306 g/mol. The minimum Gasteiger partial charge on any atom is -0.322 e. The average Bonchev–Trinajstić information content (AvgIpc) is 2.40. The number of rotatable bonds is 4. The number of aryl methyl sites for hydroxylation is 1. The van der Waals surface area contributed by atoms with E-state index < -0.39 is 0 Å². The lowest BCUT2D eigenvalue weighted by molar-refractivity contribution is 0.682. The van der Waals surface area contributed by atoms with E-state index >= 15 is 0 Å². The van der Waals surface area contributed by atoms with Crippen molar-refractivity contribution in [3.8, 4) is 0 Å². The molecular formula is C14H16BrN3. The maximum atomic E-state index is 6.13. The zero-order valence-electron chi connectivity index (χ0n) is 10.3. The molecule has 0 radical (unpaired) electrons. The van der Waals surface area contributed by atoms with Gasteiger partial charge in [0.1, 0.15) is 0 Å².